The van der Waals surface area contributed by atoms with Crippen LogP contribution in [0.5, 0.6) is 0 Å². The van der Waals surface area contributed by atoms with Gasteiger partial charge in [0.2, 0.25) is 0 Å². The second-order valence-corrected chi connectivity index (χ2v) is 6.77. The lowest BCUT2D eigenvalue weighted by Gasteiger charge is -2.43. The van der Waals surface area contributed by atoms with E-state index in [9.17, 15) is 0 Å². The van der Waals surface area contributed by atoms with Gasteiger partial charge >= 0.3 is 0 Å². The lowest BCUT2D eigenvalue weighted by atomic mass is 9.77. The molecule has 1 saturated heterocycles. The van der Waals surface area contributed by atoms with Gasteiger partial charge in [-0.1, -0.05) is 6.42 Å². The Morgan fingerprint density at radius 2 is 2.11 bits per heavy atom. The molecule has 4 unspecified atom stereocenters. The number of nitrogens with two attached hydrogens (primary N) is 1. The van der Waals surface area contributed by atoms with Crippen LogP contribution in [0.2, 0.25) is 0 Å². The van der Waals surface area contributed by atoms with Crippen LogP contribution in [-0.4, -0.2) is 32.0 Å². The normalized spacial score (nSPS) is 38.5. The predicted molar refractivity (Wildman–Crippen MR) is 74.5 cm³/mol. The maximum atomic E-state index is 5.90. The maximum Gasteiger partial charge on any atom is 0.0888 e. The van der Waals surface area contributed by atoms with Gasteiger partial charge in [-0.3, -0.25) is 11.3 Å². The van der Waals surface area contributed by atoms with Crippen molar-refractivity contribution in [1.29, 1.82) is 0 Å². The van der Waals surface area contributed by atoms with Gasteiger partial charge in [-0.15, -0.1) is 0 Å². The number of fused-ring (bicyclic) bond motifs is 2. The third kappa shape index (κ3) is 2.56. The highest BCUT2D eigenvalue weighted by Gasteiger charge is 2.45. The van der Waals surface area contributed by atoms with Crippen LogP contribution in [0.15, 0.2) is 0 Å². The fraction of sp³-hybridized carbons (Fsp3) is 1.00. The molecule has 1 aliphatic heterocycles. The van der Waals surface area contributed by atoms with Crippen LogP contribution in [-0.2, 0) is 9.47 Å². The summed E-state index contributed by atoms with van der Waals surface area (Å²) in [5, 5.41) is 0. The molecular weight excluding hydrogens is 240 g/mol. The van der Waals surface area contributed by atoms with E-state index in [-0.39, 0.29) is 11.6 Å². The molecular formula is C15H28N2O2. The molecule has 0 aromatic rings. The van der Waals surface area contributed by atoms with Gasteiger partial charge in [0.1, 0.15) is 0 Å². The van der Waals surface area contributed by atoms with Crippen molar-refractivity contribution in [1.82, 2.24) is 5.43 Å². The number of hydrazine groups is 1. The second-order valence-electron chi connectivity index (χ2n) is 6.77. The Labute approximate surface area is 116 Å². The van der Waals surface area contributed by atoms with Crippen LogP contribution in [0.25, 0.3) is 0 Å². The molecule has 0 aromatic heterocycles. The van der Waals surface area contributed by atoms with E-state index in [0.717, 1.165) is 43.8 Å². The van der Waals surface area contributed by atoms with E-state index in [1.165, 1.54) is 32.1 Å². The number of methoxy groups -OCH3 is 1. The number of ether oxygens (including phenoxy) is 2. The maximum absolute atomic E-state index is 5.90. The zero-order valence-corrected chi connectivity index (χ0v) is 12.1. The summed E-state index contributed by atoms with van der Waals surface area (Å²) in [7, 11) is 1.83. The van der Waals surface area contributed by atoms with Crippen molar-refractivity contribution >= 4 is 0 Å². The highest BCUT2D eigenvalue weighted by Crippen LogP contribution is 2.50. The molecule has 2 bridgehead atoms. The summed E-state index contributed by atoms with van der Waals surface area (Å²) in [6.45, 7) is 1.59. The molecule has 3 N–H and O–H groups in total. The first kappa shape index (κ1) is 13.8. The molecule has 2 aliphatic carbocycles. The zero-order chi connectivity index (χ0) is 13.3. The van der Waals surface area contributed by atoms with E-state index in [2.05, 4.69) is 5.43 Å². The minimum atomic E-state index is -0.116. The molecule has 0 aromatic carbocycles. The lowest BCUT2D eigenvalue weighted by molar-refractivity contribution is -0.114. The SMILES string of the molecule is COC1(C(CC2CC3CCC2C3)NN)CCOCC1. The smallest absolute Gasteiger partial charge is 0.0888 e. The van der Waals surface area contributed by atoms with Gasteiger partial charge in [-0.2, -0.15) is 0 Å². The molecule has 0 amide bonds. The van der Waals surface area contributed by atoms with E-state index >= 15 is 0 Å². The van der Waals surface area contributed by atoms with E-state index in [0.29, 0.717) is 0 Å². The summed E-state index contributed by atoms with van der Waals surface area (Å²) in [6.07, 6.45) is 8.87. The van der Waals surface area contributed by atoms with Crippen molar-refractivity contribution in [2.75, 3.05) is 20.3 Å². The van der Waals surface area contributed by atoms with Crippen LogP contribution in [0.3, 0.4) is 0 Å². The minimum Gasteiger partial charge on any atom is -0.381 e. The molecule has 4 nitrogen and oxygen atoms in total. The van der Waals surface area contributed by atoms with Gasteiger partial charge in [-0.05, 0) is 43.4 Å². The van der Waals surface area contributed by atoms with Crippen LogP contribution in [0, 0.1) is 17.8 Å². The van der Waals surface area contributed by atoms with Gasteiger partial charge in [0.05, 0.1) is 11.6 Å². The van der Waals surface area contributed by atoms with Gasteiger partial charge in [0, 0.05) is 33.2 Å². The van der Waals surface area contributed by atoms with Gasteiger partial charge in [0.15, 0.2) is 0 Å². The average molecular weight is 268 g/mol. The van der Waals surface area contributed by atoms with Crippen LogP contribution in [0.4, 0.5) is 0 Å². The Kier molecular flexibility index (Phi) is 4.13. The van der Waals surface area contributed by atoms with Crippen LogP contribution >= 0.6 is 0 Å². The molecule has 1 heterocycles. The van der Waals surface area contributed by atoms with Crippen molar-refractivity contribution in [2.24, 2.45) is 23.6 Å². The highest BCUT2D eigenvalue weighted by atomic mass is 16.5. The highest BCUT2D eigenvalue weighted by molar-refractivity contribution is 4.98. The predicted octanol–water partition coefficient (Wildman–Crippen LogP) is 1.84. The van der Waals surface area contributed by atoms with Crippen LogP contribution < -0.4 is 11.3 Å². The van der Waals surface area contributed by atoms with Crippen molar-refractivity contribution in [3.8, 4) is 0 Å². The average Bonchev–Trinajstić information content (AvgIpc) is 3.08. The van der Waals surface area contributed by atoms with E-state index in [1.807, 2.05) is 7.11 Å². The standard InChI is InChI=1S/C15H28N2O2/c1-18-15(4-6-19-7-5-15)14(17-16)10-13-9-11-2-3-12(13)8-11/h11-14,17H,2-10,16H2,1H3. The molecule has 19 heavy (non-hydrogen) atoms. The van der Waals surface area contributed by atoms with Gasteiger partial charge in [-0.25, -0.2) is 0 Å². The summed E-state index contributed by atoms with van der Waals surface area (Å²) in [5.41, 5.74) is 2.95. The third-order valence-electron chi connectivity index (χ3n) is 6.00. The minimum absolute atomic E-state index is 0.116. The molecule has 3 aliphatic rings. The third-order valence-corrected chi connectivity index (χ3v) is 6.00. The summed E-state index contributed by atoms with van der Waals surface area (Å²) >= 11 is 0. The topological polar surface area (TPSA) is 56.5 Å². The largest absolute Gasteiger partial charge is 0.381 e. The Hall–Kier alpha value is -0.160. The van der Waals surface area contributed by atoms with E-state index in [1.54, 1.807) is 0 Å². The van der Waals surface area contributed by atoms with E-state index in [4.69, 9.17) is 15.3 Å². The number of hydrogen-bond acceptors (Lipinski definition) is 4. The first-order chi connectivity index (χ1) is 9.27. The summed E-state index contributed by atoms with van der Waals surface area (Å²) in [4.78, 5) is 0. The fourth-order valence-electron chi connectivity index (χ4n) is 4.81. The molecule has 3 rings (SSSR count). The van der Waals surface area contributed by atoms with Crippen molar-refractivity contribution in [2.45, 2.75) is 56.6 Å². The number of nitrogens with one attached hydrogen (secondary N) is 1. The van der Waals surface area contributed by atoms with Crippen molar-refractivity contribution < 1.29 is 9.47 Å². The molecule has 4 atom stereocenters. The Morgan fingerprint density at radius 3 is 2.63 bits per heavy atom. The summed E-state index contributed by atoms with van der Waals surface area (Å²) < 4.78 is 11.4. The van der Waals surface area contributed by atoms with Crippen molar-refractivity contribution in [3.05, 3.63) is 0 Å². The molecule has 0 spiro atoms. The van der Waals surface area contributed by atoms with E-state index < -0.39 is 0 Å². The second kappa shape index (κ2) is 5.68. The first-order valence-electron chi connectivity index (χ1n) is 7.86. The summed E-state index contributed by atoms with van der Waals surface area (Å²) in [5.74, 6) is 8.68. The Bertz CT molecular complexity index is 305. The molecule has 0 radical (unpaired) electrons. The zero-order valence-electron chi connectivity index (χ0n) is 12.1. The van der Waals surface area contributed by atoms with Crippen molar-refractivity contribution in [3.63, 3.8) is 0 Å². The molecule has 3 fully saturated rings. The molecule has 4 heteroatoms. The fourth-order valence-corrected chi connectivity index (χ4v) is 4.81. The Morgan fingerprint density at radius 1 is 1.32 bits per heavy atom. The quantitative estimate of drug-likeness (QED) is 0.590. The monoisotopic (exact) mass is 268 g/mol. The van der Waals surface area contributed by atoms with Gasteiger partial charge < -0.3 is 9.47 Å². The molecule has 110 valence electrons. The first-order valence-corrected chi connectivity index (χ1v) is 7.86. The molecule has 2 saturated carbocycles. The summed E-state index contributed by atoms with van der Waals surface area (Å²) in [6, 6.07) is 0.269. The Balaban J connectivity index is 1.65. The number of rotatable bonds is 5. The van der Waals surface area contributed by atoms with Gasteiger partial charge in [0.25, 0.3) is 0 Å². The number of hydrogen-bond donors (Lipinski definition) is 2. The lowest BCUT2D eigenvalue weighted by Crippen LogP contribution is -2.57. The van der Waals surface area contributed by atoms with Crippen LogP contribution in [0.1, 0.15) is 44.9 Å².